The van der Waals surface area contributed by atoms with Gasteiger partial charge in [0.05, 0.1) is 0 Å². The molecule has 1 saturated heterocycles. The number of carbonyl (C=O) groups is 2. The summed E-state index contributed by atoms with van der Waals surface area (Å²) < 4.78 is 0. The fraction of sp³-hybridized carbons (Fsp3) is 0.429. The highest BCUT2D eigenvalue weighted by atomic mass is 16.4. The van der Waals surface area contributed by atoms with Gasteiger partial charge in [-0.15, -0.1) is 0 Å². The maximum Gasteiger partial charge on any atom is 0.326 e. The Labute approximate surface area is 112 Å². The number of anilines is 1. The molecule has 0 spiro atoms. The van der Waals surface area contributed by atoms with Crippen molar-refractivity contribution in [3.05, 3.63) is 30.3 Å². The number of para-hydroxylation sites is 1. The highest BCUT2D eigenvalue weighted by molar-refractivity contribution is 5.94. The van der Waals surface area contributed by atoms with Crippen molar-refractivity contribution in [1.29, 1.82) is 0 Å². The molecule has 1 fully saturated rings. The van der Waals surface area contributed by atoms with Crippen LogP contribution in [0, 0.1) is 0 Å². The molecule has 1 aromatic carbocycles. The summed E-state index contributed by atoms with van der Waals surface area (Å²) in [6, 6.07) is 8.41. The number of likely N-dealkylation sites (tertiary alicyclic amines) is 1. The minimum absolute atomic E-state index is 0.224. The zero-order valence-electron chi connectivity index (χ0n) is 11.0. The standard InChI is InChI=1S/C14H18N2O3/c1-2-15(11-7-4-3-5-8-11)14(19)16-10-6-9-12(16)13(17)18/h3-5,7-8,12H,2,6,9-10H2,1H3,(H,17,18)/t12-/m1/s1. The number of carboxylic acid groups (broad SMARTS) is 1. The molecule has 1 N–H and O–H groups in total. The van der Waals surface area contributed by atoms with Crippen LogP contribution in [0.15, 0.2) is 30.3 Å². The maximum atomic E-state index is 12.5. The van der Waals surface area contributed by atoms with Crippen molar-refractivity contribution in [2.75, 3.05) is 18.0 Å². The van der Waals surface area contributed by atoms with Crippen molar-refractivity contribution in [2.24, 2.45) is 0 Å². The van der Waals surface area contributed by atoms with E-state index in [4.69, 9.17) is 5.11 Å². The lowest BCUT2D eigenvalue weighted by molar-refractivity contribution is -0.141. The van der Waals surface area contributed by atoms with E-state index in [2.05, 4.69) is 0 Å². The van der Waals surface area contributed by atoms with Crippen LogP contribution in [-0.2, 0) is 4.79 Å². The predicted octanol–water partition coefficient (Wildman–Crippen LogP) is 2.18. The summed E-state index contributed by atoms with van der Waals surface area (Å²) >= 11 is 0. The SMILES string of the molecule is CCN(C(=O)N1CCC[C@@H]1C(=O)O)c1ccccc1. The molecular formula is C14H18N2O3. The van der Waals surface area contributed by atoms with E-state index < -0.39 is 12.0 Å². The number of rotatable bonds is 3. The number of aliphatic carboxylic acids is 1. The smallest absolute Gasteiger partial charge is 0.326 e. The average molecular weight is 262 g/mol. The lowest BCUT2D eigenvalue weighted by Crippen LogP contribution is -2.48. The highest BCUT2D eigenvalue weighted by Crippen LogP contribution is 2.22. The second-order valence-electron chi connectivity index (χ2n) is 4.55. The van der Waals surface area contributed by atoms with Crippen LogP contribution in [0.2, 0.25) is 0 Å². The van der Waals surface area contributed by atoms with Crippen molar-refractivity contribution in [3.63, 3.8) is 0 Å². The van der Waals surface area contributed by atoms with E-state index in [0.29, 0.717) is 19.5 Å². The Kier molecular flexibility index (Phi) is 4.04. The first-order valence-corrected chi connectivity index (χ1v) is 6.51. The number of carboxylic acids is 1. The molecule has 5 heteroatoms. The lowest BCUT2D eigenvalue weighted by Gasteiger charge is -2.29. The van der Waals surface area contributed by atoms with E-state index in [0.717, 1.165) is 12.1 Å². The van der Waals surface area contributed by atoms with Crippen molar-refractivity contribution >= 4 is 17.7 Å². The van der Waals surface area contributed by atoms with Crippen LogP contribution >= 0.6 is 0 Å². The third kappa shape index (κ3) is 2.70. The molecule has 2 amide bonds. The van der Waals surface area contributed by atoms with Gasteiger partial charge in [0.1, 0.15) is 6.04 Å². The number of hydrogen-bond acceptors (Lipinski definition) is 2. The molecule has 1 atom stereocenters. The summed E-state index contributed by atoms with van der Waals surface area (Å²) in [4.78, 5) is 26.7. The molecule has 2 rings (SSSR count). The third-order valence-electron chi connectivity index (χ3n) is 3.40. The van der Waals surface area contributed by atoms with Crippen LogP contribution in [0.3, 0.4) is 0 Å². The summed E-state index contributed by atoms with van der Waals surface area (Å²) in [7, 11) is 0. The molecule has 0 radical (unpaired) electrons. The fourth-order valence-corrected chi connectivity index (χ4v) is 2.44. The van der Waals surface area contributed by atoms with E-state index in [1.165, 1.54) is 4.90 Å². The van der Waals surface area contributed by atoms with Crippen molar-refractivity contribution in [3.8, 4) is 0 Å². The Morgan fingerprint density at radius 1 is 1.37 bits per heavy atom. The molecule has 0 aliphatic carbocycles. The number of amides is 2. The van der Waals surface area contributed by atoms with E-state index in [9.17, 15) is 9.59 Å². The van der Waals surface area contributed by atoms with Gasteiger partial charge in [0.2, 0.25) is 0 Å². The van der Waals surface area contributed by atoms with Gasteiger partial charge in [-0.05, 0) is 31.9 Å². The molecule has 1 aliphatic rings. The van der Waals surface area contributed by atoms with Gasteiger partial charge in [-0.25, -0.2) is 9.59 Å². The number of benzene rings is 1. The van der Waals surface area contributed by atoms with Gasteiger partial charge in [0.15, 0.2) is 0 Å². The molecule has 0 saturated carbocycles. The summed E-state index contributed by atoms with van der Waals surface area (Å²) in [6.45, 7) is 2.92. The molecule has 1 aliphatic heterocycles. The topological polar surface area (TPSA) is 60.9 Å². The van der Waals surface area contributed by atoms with Gasteiger partial charge < -0.3 is 10.0 Å². The van der Waals surface area contributed by atoms with E-state index in [-0.39, 0.29) is 6.03 Å². The second kappa shape index (κ2) is 5.73. The zero-order valence-corrected chi connectivity index (χ0v) is 11.0. The van der Waals surface area contributed by atoms with Gasteiger partial charge in [-0.1, -0.05) is 18.2 Å². The van der Waals surface area contributed by atoms with Crippen LogP contribution in [0.25, 0.3) is 0 Å². The van der Waals surface area contributed by atoms with Gasteiger partial charge in [-0.3, -0.25) is 4.90 Å². The molecule has 1 heterocycles. The van der Waals surface area contributed by atoms with Crippen molar-refractivity contribution < 1.29 is 14.7 Å². The summed E-state index contributed by atoms with van der Waals surface area (Å²) in [5, 5.41) is 9.15. The Balaban J connectivity index is 2.19. The van der Waals surface area contributed by atoms with Gasteiger partial charge in [0.25, 0.3) is 0 Å². The number of urea groups is 1. The molecule has 19 heavy (non-hydrogen) atoms. The largest absolute Gasteiger partial charge is 0.480 e. The Hall–Kier alpha value is -2.04. The van der Waals surface area contributed by atoms with Crippen LogP contribution in [0.1, 0.15) is 19.8 Å². The van der Waals surface area contributed by atoms with E-state index >= 15 is 0 Å². The van der Waals surface area contributed by atoms with Gasteiger partial charge in [0, 0.05) is 18.8 Å². The fourth-order valence-electron chi connectivity index (χ4n) is 2.44. The quantitative estimate of drug-likeness (QED) is 0.908. The molecule has 0 unspecified atom stereocenters. The zero-order chi connectivity index (χ0) is 13.8. The minimum atomic E-state index is -0.921. The van der Waals surface area contributed by atoms with Crippen molar-refractivity contribution in [1.82, 2.24) is 4.90 Å². The van der Waals surface area contributed by atoms with Crippen LogP contribution < -0.4 is 4.90 Å². The predicted molar refractivity (Wildman–Crippen MR) is 72.2 cm³/mol. The van der Waals surface area contributed by atoms with E-state index in [1.807, 2.05) is 37.3 Å². The highest BCUT2D eigenvalue weighted by Gasteiger charge is 2.36. The normalized spacial score (nSPS) is 18.4. The molecule has 1 aromatic rings. The summed E-state index contributed by atoms with van der Waals surface area (Å²) in [5.41, 5.74) is 0.797. The first-order valence-electron chi connectivity index (χ1n) is 6.51. The summed E-state index contributed by atoms with van der Waals surface area (Å²) in [6.07, 6.45) is 1.28. The lowest BCUT2D eigenvalue weighted by atomic mass is 10.2. The van der Waals surface area contributed by atoms with E-state index in [1.54, 1.807) is 4.90 Å². The summed E-state index contributed by atoms with van der Waals surface area (Å²) in [5.74, 6) is -0.921. The Morgan fingerprint density at radius 2 is 2.05 bits per heavy atom. The second-order valence-corrected chi connectivity index (χ2v) is 4.55. The molecule has 5 nitrogen and oxygen atoms in total. The number of carbonyl (C=O) groups excluding carboxylic acids is 1. The van der Waals surface area contributed by atoms with Crippen molar-refractivity contribution in [2.45, 2.75) is 25.8 Å². The maximum absolute atomic E-state index is 12.5. The Bertz CT molecular complexity index is 461. The molecule has 0 aromatic heterocycles. The van der Waals surface area contributed by atoms with Gasteiger partial charge in [-0.2, -0.15) is 0 Å². The van der Waals surface area contributed by atoms with Crippen LogP contribution in [0.5, 0.6) is 0 Å². The van der Waals surface area contributed by atoms with Crippen LogP contribution in [-0.4, -0.2) is 41.1 Å². The number of hydrogen-bond donors (Lipinski definition) is 1. The average Bonchev–Trinajstić information content (AvgIpc) is 2.90. The first kappa shape index (κ1) is 13.4. The minimum Gasteiger partial charge on any atom is -0.480 e. The van der Waals surface area contributed by atoms with Crippen LogP contribution in [0.4, 0.5) is 10.5 Å². The first-order chi connectivity index (χ1) is 9.15. The Morgan fingerprint density at radius 3 is 2.63 bits per heavy atom. The molecule has 102 valence electrons. The number of nitrogens with zero attached hydrogens (tertiary/aromatic N) is 2. The monoisotopic (exact) mass is 262 g/mol. The molecular weight excluding hydrogens is 244 g/mol. The third-order valence-corrected chi connectivity index (χ3v) is 3.40. The van der Waals surface area contributed by atoms with Gasteiger partial charge >= 0.3 is 12.0 Å². The molecule has 0 bridgehead atoms.